The Balaban J connectivity index is 3.11. The fourth-order valence-corrected chi connectivity index (χ4v) is 2.35. The Hall–Kier alpha value is -0.860. The third-order valence-electron chi connectivity index (χ3n) is 3.13. The van der Waals surface area contributed by atoms with Crippen molar-refractivity contribution in [3.05, 3.63) is 34.9 Å². The molecule has 0 aliphatic carbocycles. The second-order valence-corrected chi connectivity index (χ2v) is 4.93. The van der Waals surface area contributed by atoms with Crippen molar-refractivity contribution in [1.29, 1.82) is 0 Å². The van der Waals surface area contributed by atoms with Gasteiger partial charge in [0.05, 0.1) is 0 Å². The molecular weight excluding hydrogens is 198 g/mol. The number of aliphatic hydroxyl groups excluding tert-OH is 1. The summed E-state index contributed by atoms with van der Waals surface area (Å²) in [5, 5.41) is 9.33. The Morgan fingerprint density at radius 1 is 1.25 bits per heavy atom. The lowest BCUT2D eigenvalue weighted by Gasteiger charge is -2.30. The molecule has 1 aromatic carbocycles. The Labute approximate surface area is 98.9 Å². The largest absolute Gasteiger partial charge is 0.396 e. The average molecular weight is 221 g/mol. The van der Waals surface area contributed by atoms with E-state index in [1.165, 1.54) is 16.7 Å². The van der Waals surface area contributed by atoms with Crippen LogP contribution in [0.1, 0.15) is 29.7 Å². The first-order valence-corrected chi connectivity index (χ1v) is 5.81. The van der Waals surface area contributed by atoms with Gasteiger partial charge in [-0.05, 0) is 45.0 Å². The molecule has 1 aromatic rings. The van der Waals surface area contributed by atoms with Crippen LogP contribution in [0.5, 0.6) is 0 Å². The lowest BCUT2D eigenvalue weighted by Crippen LogP contribution is -2.28. The zero-order chi connectivity index (χ0) is 12.3. The summed E-state index contributed by atoms with van der Waals surface area (Å²) in [5.41, 5.74) is 3.91. The third-order valence-corrected chi connectivity index (χ3v) is 3.13. The van der Waals surface area contributed by atoms with Crippen molar-refractivity contribution in [2.24, 2.45) is 5.92 Å². The summed E-state index contributed by atoms with van der Waals surface area (Å²) >= 11 is 0. The van der Waals surface area contributed by atoms with E-state index in [0.29, 0.717) is 0 Å². The molecule has 16 heavy (non-hydrogen) atoms. The molecule has 2 heteroatoms. The third kappa shape index (κ3) is 2.83. The summed E-state index contributed by atoms with van der Waals surface area (Å²) in [4.78, 5) is 2.18. The van der Waals surface area contributed by atoms with Gasteiger partial charge < -0.3 is 10.0 Å². The minimum absolute atomic E-state index is 0.218. The number of benzene rings is 1. The van der Waals surface area contributed by atoms with Gasteiger partial charge in [-0.3, -0.25) is 0 Å². The Morgan fingerprint density at radius 2 is 1.88 bits per heavy atom. The molecule has 0 aliphatic rings. The summed E-state index contributed by atoms with van der Waals surface area (Å²) in [6.07, 6.45) is 0. The maximum Gasteiger partial charge on any atom is 0.0474 e. The van der Waals surface area contributed by atoms with Gasteiger partial charge >= 0.3 is 0 Å². The van der Waals surface area contributed by atoms with Crippen molar-refractivity contribution < 1.29 is 5.11 Å². The monoisotopic (exact) mass is 221 g/mol. The Morgan fingerprint density at radius 3 is 2.31 bits per heavy atom. The standard InChI is InChI=1S/C14H23NO/c1-10-6-7-13(11(2)8-10)14(15(4)5)12(3)9-16/h6-8,12,14,16H,9H2,1-5H3. The maximum atomic E-state index is 9.33. The molecule has 90 valence electrons. The highest BCUT2D eigenvalue weighted by atomic mass is 16.3. The molecule has 0 amide bonds. The predicted molar refractivity (Wildman–Crippen MR) is 68.6 cm³/mol. The van der Waals surface area contributed by atoms with E-state index in [2.05, 4.69) is 58.0 Å². The highest BCUT2D eigenvalue weighted by molar-refractivity contribution is 5.33. The fraction of sp³-hybridized carbons (Fsp3) is 0.571. The Bertz CT molecular complexity index is 347. The second kappa shape index (κ2) is 5.46. The molecule has 0 saturated carbocycles. The van der Waals surface area contributed by atoms with Crippen LogP contribution in [0, 0.1) is 19.8 Å². The van der Waals surface area contributed by atoms with E-state index in [9.17, 15) is 5.11 Å². The molecule has 2 atom stereocenters. The van der Waals surface area contributed by atoms with Crippen LogP contribution >= 0.6 is 0 Å². The lowest BCUT2D eigenvalue weighted by atomic mass is 9.90. The number of hydrogen-bond donors (Lipinski definition) is 1. The van der Waals surface area contributed by atoms with Gasteiger partial charge in [0.1, 0.15) is 0 Å². The molecule has 0 spiro atoms. The smallest absolute Gasteiger partial charge is 0.0474 e. The van der Waals surface area contributed by atoms with Gasteiger partial charge in [-0.15, -0.1) is 0 Å². The molecule has 0 heterocycles. The summed E-state index contributed by atoms with van der Waals surface area (Å²) in [5.74, 6) is 0.247. The molecule has 0 aliphatic heterocycles. The van der Waals surface area contributed by atoms with Crippen LogP contribution in [-0.2, 0) is 0 Å². The van der Waals surface area contributed by atoms with Gasteiger partial charge in [0.2, 0.25) is 0 Å². The molecule has 0 saturated heterocycles. The first-order chi connectivity index (χ1) is 7.47. The minimum Gasteiger partial charge on any atom is -0.396 e. The summed E-state index contributed by atoms with van der Waals surface area (Å²) in [6, 6.07) is 6.81. The van der Waals surface area contributed by atoms with Crippen LogP contribution < -0.4 is 0 Å². The predicted octanol–water partition coefficient (Wildman–Crippen LogP) is 2.53. The highest BCUT2D eigenvalue weighted by Crippen LogP contribution is 2.29. The van der Waals surface area contributed by atoms with Crippen molar-refractivity contribution in [2.75, 3.05) is 20.7 Å². The van der Waals surface area contributed by atoms with Gasteiger partial charge in [-0.2, -0.15) is 0 Å². The van der Waals surface area contributed by atoms with Crippen molar-refractivity contribution in [2.45, 2.75) is 26.8 Å². The van der Waals surface area contributed by atoms with Crippen molar-refractivity contribution >= 4 is 0 Å². The molecule has 1 rings (SSSR count). The number of aliphatic hydroxyl groups is 1. The SMILES string of the molecule is Cc1ccc(C(C(C)CO)N(C)C)c(C)c1. The molecule has 0 bridgehead atoms. The number of hydrogen-bond acceptors (Lipinski definition) is 2. The maximum absolute atomic E-state index is 9.33. The summed E-state index contributed by atoms with van der Waals surface area (Å²) < 4.78 is 0. The molecule has 0 fully saturated rings. The van der Waals surface area contributed by atoms with Crippen molar-refractivity contribution in [3.8, 4) is 0 Å². The quantitative estimate of drug-likeness (QED) is 0.844. The second-order valence-electron chi connectivity index (χ2n) is 4.93. The molecule has 0 radical (unpaired) electrons. The highest BCUT2D eigenvalue weighted by Gasteiger charge is 2.22. The number of rotatable bonds is 4. The fourth-order valence-electron chi connectivity index (χ4n) is 2.35. The van der Waals surface area contributed by atoms with Crippen LogP contribution in [0.3, 0.4) is 0 Å². The summed E-state index contributed by atoms with van der Waals surface area (Å²) in [7, 11) is 4.13. The normalized spacial score (nSPS) is 15.2. The van der Waals surface area contributed by atoms with E-state index in [-0.39, 0.29) is 18.6 Å². The van der Waals surface area contributed by atoms with E-state index in [0.717, 1.165) is 0 Å². The van der Waals surface area contributed by atoms with E-state index in [1.807, 2.05) is 0 Å². The van der Waals surface area contributed by atoms with Gasteiger partial charge in [0.15, 0.2) is 0 Å². The van der Waals surface area contributed by atoms with Gasteiger partial charge in [-0.1, -0.05) is 30.7 Å². The first kappa shape index (κ1) is 13.2. The van der Waals surface area contributed by atoms with Crippen LogP contribution in [0.4, 0.5) is 0 Å². The zero-order valence-corrected chi connectivity index (χ0v) is 11.0. The lowest BCUT2D eigenvalue weighted by molar-refractivity contribution is 0.145. The van der Waals surface area contributed by atoms with E-state index in [4.69, 9.17) is 0 Å². The van der Waals surface area contributed by atoms with Gasteiger partial charge in [0.25, 0.3) is 0 Å². The number of aryl methyl sites for hydroxylation is 2. The summed E-state index contributed by atoms with van der Waals surface area (Å²) in [6.45, 7) is 6.56. The molecule has 1 N–H and O–H groups in total. The van der Waals surface area contributed by atoms with Gasteiger partial charge in [-0.25, -0.2) is 0 Å². The van der Waals surface area contributed by atoms with Crippen LogP contribution in [-0.4, -0.2) is 30.7 Å². The molecule has 2 unspecified atom stereocenters. The molecule has 2 nitrogen and oxygen atoms in total. The average Bonchev–Trinajstić information content (AvgIpc) is 2.21. The van der Waals surface area contributed by atoms with E-state index >= 15 is 0 Å². The van der Waals surface area contributed by atoms with E-state index < -0.39 is 0 Å². The zero-order valence-electron chi connectivity index (χ0n) is 11.0. The topological polar surface area (TPSA) is 23.5 Å². The first-order valence-electron chi connectivity index (χ1n) is 5.81. The Kier molecular flexibility index (Phi) is 4.51. The van der Waals surface area contributed by atoms with Crippen molar-refractivity contribution in [3.63, 3.8) is 0 Å². The van der Waals surface area contributed by atoms with E-state index in [1.54, 1.807) is 0 Å². The van der Waals surface area contributed by atoms with Crippen LogP contribution in [0.2, 0.25) is 0 Å². The minimum atomic E-state index is 0.218. The van der Waals surface area contributed by atoms with Crippen molar-refractivity contribution in [1.82, 2.24) is 4.90 Å². The van der Waals surface area contributed by atoms with Crippen LogP contribution in [0.15, 0.2) is 18.2 Å². The molecule has 0 aromatic heterocycles. The van der Waals surface area contributed by atoms with Crippen LogP contribution in [0.25, 0.3) is 0 Å². The van der Waals surface area contributed by atoms with Gasteiger partial charge in [0, 0.05) is 12.6 Å². The number of nitrogens with zero attached hydrogens (tertiary/aromatic N) is 1. The molecular formula is C14H23NO.